The molecule has 0 N–H and O–H groups in total. The molecule has 0 bridgehead atoms. The first kappa shape index (κ1) is 112. The Morgan fingerprint density at radius 2 is 0.429 bits per heavy atom. The molecule has 0 radical (unpaired) electrons. The molecule has 6 aromatic rings. The Labute approximate surface area is 650 Å². The zero-order valence-electron chi connectivity index (χ0n) is 60.9. The van der Waals surface area contributed by atoms with Gasteiger partial charge in [0.15, 0.2) is 0 Å². The maximum Gasteiger partial charge on any atom is 2.00 e. The number of hydrogen-bond acceptors (Lipinski definition) is 1. The zero-order chi connectivity index (χ0) is 79.5. The van der Waals surface area contributed by atoms with Crippen molar-refractivity contribution in [2.24, 2.45) is 0 Å². The molecular formula is C76H98Cl2F20N3OPPt2. The number of isocyanates is 1. The van der Waals surface area contributed by atoms with Crippen LogP contribution in [0.2, 0.25) is 0 Å². The van der Waals surface area contributed by atoms with Crippen molar-refractivity contribution in [1.29, 1.82) is 0 Å². The smallest absolute Gasteiger partial charge is 0.724 e. The van der Waals surface area contributed by atoms with Crippen molar-refractivity contribution in [1.82, 2.24) is 0 Å². The predicted molar refractivity (Wildman–Crippen MR) is 374 cm³/mol. The average molecular weight is 1940 g/mol. The first-order valence-electron chi connectivity index (χ1n) is 34.1. The van der Waals surface area contributed by atoms with E-state index in [4.69, 9.17) is 33.4 Å². The summed E-state index contributed by atoms with van der Waals surface area (Å²) < 4.78 is 242. The third-order valence-corrected chi connectivity index (χ3v) is 15.7. The van der Waals surface area contributed by atoms with Gasteiger partial charge in [-0.2, -0.15) is 0 Å². The number of alkyl halides is 2. The van der Waals surface area contributed by atoms with Gasteiger partial charge < -0.3 is 23.0 Å². The van der Waals surface area contributed by atoms with E-state index in [1.165, 1.54) is 209 Å². The quantitative estimate of drug-likeness (QED) is 0.00441. The summed E-state index contributed by atoms with van der Waals surface area (Å²) in [5.74, 6) is -40.2. The molecule has 0 saturated heterocycles. The normalized spacial score (nSPS) is 10.2. The molecule has 0 fully saturated rings. The molecule has 0 spiro atoms. The van der Waals surface area contributed by atoms with E-state index in [9.17, 15) is 87.8 Å². The average Bonchev–Trinajstić information content (AvgIpc) is 0.852. The molecule has 0 aliphatic rings. The van der Waals surface area contributed by atoms with Crippen LogP contribution in [0.25, 0.3) is 5.41 Å². The number of halogens is 22. The van der Waals surface area contributed by atoms with Crippen molar-refractivity contribution in [3.8, 4) is 0 Å². The molecule has 4 nitrogen and oxygen atoms in total. The minimum Gasteiger partial charge on any atom is -0.724 e. The first-order valence-corrected chi connectivity index (χ1v) is 36.1. The van der Waals surface area contributed by atoms with Crippen LogP contribution in [0, 0.1) is 141 Å². The Morgan fingerprint density at radius 1 is 0.295 bits per heavy atom. The molecule has 29 heteroatoms. The molecule has 6 aromatic carbocycles. The molecule has 0 amide bonds. The van der Waals surface area contributed by atoms with Crippen molar-refractivity contribution in [2.45, 2.75) is 198 Å². The van der Waals surface area contributed by atoms with E-state index in [1.54, 1.807) is 0 Å². The second-order valence-corrected chi connectivity index (χ2v) is 24.8. The van der Waals surface area contributed by atoms with Crippen molar-refractivity contribution in [3.05, 3.63) is 207 Å². The fraction of sp³-hybridized carbons (Fsp3) is 0.513. The predicted octanol–water partition coefficient (Wildman–Crippen LogP) is 25.2. The Morgan fingerprint density at radius 3 is 0.552 bits per heavy atom. The van der Waals surface area contributed by atoms with Crippen molar-refractivity contribution in [3.63, 3.8) is 0 Å². The SMILES string of the molecule is CCCCCC.CCCC[N+](CCCC)(CCCC)CCCC.CCCC[N+](CCCC)(CCCC)CCCC.ClCCl.Fc1[c-]c(F)c(F)c(F)c1F.Fc1[c-]c(F)c(F)c(F)c1F.Fc1[c-]c(F)c(F)c(F)c1F.Fc1[c-]c(F)c(F)c(F)c1F.[N-]=C=O.[Pt+2].[Pt+2].c1ccc([P-]c2ccccc2)cc1. The van der Waals surface area contributed by atoms with Crippen molar-refractivity contribution >= 4 is 48.5 Å². The third kappa shape index (κ3) is 49.4. The Bertz CT molecular complexity index is 2690. The molecular weight excluding hydrogens is 1840 g/mol. The largest absolute Gasteiger partial charge is 2.00 e. The van der Waals surface area contributed by atoms with Gasteiger partial charge in [-0.05, 0) is 57.4 Å². The second kappa shape index (κ2) is 68.8. The van der Waals surface area contributed by atoms with Crippen LogP contribution in [0.4, 0.5) is 87.8 Å². The van der Waals surface area contributed by atoms with Crippen LogP contribution in [0.5, 0.6) is 0 Å². The molecule has 0 atom stereocenters. The number of unbranched alkanes of at least 4 members (excludes halogenated alkanes) is 11. The summed E-state index contributed by atoms with van der Waals surface area (Å²) in [6.45, 7) is 34.5. The molecule has 0 aliphatic carbocycles. The maximum absolute atomic E-state index is 12.0. The monoisotopic (exact) mass is 1940 g/mol. The van der Waals surface area contributed by atoms with Crippen molar-refractivity contribution in [2.75, 3.05) is 57.7 Å². The maximum atomic E-state index is 12.0. The Hall–Kier alpha value is -4.39. The van der Waals surface area contributed by atoms with E-state index in [2.05, 4.69) is 118 Å². The number of hydrogen-bond donors (Lipinski definition) is 0. The van der Waals surface area contributed by atoms with Gasteiger partial charge in [0.2, 0.25) is 0 Å². The van der Waals surface area contributed by atoms with Gasteiger partial charge in [0.1, 0.15) is 0 Å². The fourth-order valence-electron chi connectivity index (χ4n) is 8.92. The Kier molecular flexibility index (Phi) is 73.1. The standard InChI is InChI=1S/2C16H36N.C12H10P.4C6F5.C6H14.CH2Cl2.CNO.2Pt/c2*1-5-9-13-17(14-10-6-2,15-11-7-3)16-12-8-4;1-3-7-11(8-4-1)13-12-9-5-2-6-10-12;4*7-2-1-3(8)5(10)6(11)4(2)9;1-3-5-6-4-2;2*2-1-3;;/h2*5-16H2,1-4H3;1-10H;;;;;3-6H2,1-2H3;1H2;;;/q2*+1;5*-1;;;-1;2*+2. The molecule has 0 heterocycles. The number of benzene rings is 6. The van der Waals surface area contributed by atoms with E-state index >= 15 is 0 Å². The van der Waals surface area contributed by atoms with Crippen LogP contribution in [0.3, 0.4) is 0 Å². The molecule has 0 aliphatic heterocycles. The van der Waals surface area contributed by atoms with Crippen molar-refractivity contribution < 1.29 is 144 Å². The summed E-state index contributed by atoms with van der Waals surface area (Å²) in [4.78, 5) is 8.24. The van der Waals surface area contributed by atoms with Gasteiger partial charge in [-0.25, -0.2) is 63.3 Å². The summed E-state index contributed by atoms with van der Waals surface area (Å²) in [6.07, 6.45) is 28.2. The number of rotatable bonds is 29. The minimum absolute atomic E-state index is 0. The molecule has 0 aromatic heterocycles. The first-order chi connectivity index (χ1) is 48.8. The summed E-state index contributed by atoms with van der Waals surface area (Å²) >= 11 is 9.53. The second-order valence-electron chi connectivity index (χ2n) is 22.8. The summed E-state index contributed by atoms with van der Waals surface area (Å²) in [5.41, 5.74) is 0. The van der Waals surface area contributed by atoms with Crippen LogP contribution in [-0.2, 0) is 46.9 Å². The van der Waals surface area contributed by atoms with Gasteiger partial charge in [0.05, 0.1) is 174 Å². The van der Waals surface area contributed by atoms with Crippen LogP contribution in [0.15, 0.2) is 60.7 Å². The minimum atomic E-state index is -2.17. The number of nitrogens with zero attached hydrogens (tertiary/aromatic N) is 3. The van der Waals surface area contributed by atoms with Gasteiger partial charge >= 0.3 is 42.1 Å². The number of quaternary nitrogens is 2. The van der Waals surface area contributed by atoms with E-state index < -0.39 is 116 Å². The van der Waals surface area contributed by atoms with Gasteiger partial charge in [0.25, 0.3) is 0 Å². The number of carbonyl (C=O) groups excluding carboxylic acids is 1. The van der Waals surface area contributed by atoms with E-state index in [0.717, 1.165) is 24.3 Å². The molecule has 0 unspecified atom stereocenters. The van der Waals surface area contributed by atoms with Gasteiger partial charge in [-0.3, -0.25) is 39.9 Å². The Balaban J connectivity index is -0.000000266. The van der Waals surface area contributed by atoms with Gasteiger partial charge in [0, 0.05) is 0 Å². The zero-order valence-corrected chi connectivity index (χ0v) is 67.9. The van der Waals surface area contributed by atoms with Gasteiger partial charge in [-0.15, -0.1) is 47.5 Å². The third-order valence-electron chi connectivity index (χ3n) is 14.6. The molecule has 602 valence electrons. The van der Waals surface area contributed by atoms with Crippen LogP contribution in [0.1, 0.15) is 198 Å². The van der Waals surface area contributed by atoms with Gasteiger partial charge in [-0.1, -0.05) is 207 Å². The van der Waals surface area contributed by atoms with E-state index in [1.807, 2.05) is 12.1 Å². The van der Waals surface area contributed by atoms with Crippen LogP contribution in [-0.4, -0.2) is 72.7 Å². The molecule has 0 saturated carbocycles. The van der Waals surface area contributed by atoms with Crippen LogP contribution < -0.4 is 10.6 Å². The van der Waals surface area contributed by atoms with E-state index in [-0.39, 0.29) is 47.5 Å². The van der Waals surface area contributed by atoms with Crippen LogP contribution >= 0.6 is 31.8 Å². The van der Waals surface area contributed by atoms with E-state index in [0.29, 0.717) is 6.08 Å². The topological polar surface area (TPSA) is 39.4 Å². The summed E-state index contributed by atoms with van der Waals surface area (Å²) in [6, 6.07) is 25.1. The molecule has 105 heavy (non-hydrogen) atoms. The fourth-order valence-corrected chi connectivity index (χ4v) is 9.87. The summed E-state index contributed by atoms with van der Waals surface area (Å²) in [5, 5.41) is 9.64. The summed E-state index contributed by atoms with van der Waals surface area (Å²) in [7, 11) is 1.28. The molecule has 6 rings (SSSR count).